The zero-order chi connectivity index (χ0) is 19.8. The Kier molecular flexibility index (Phi) is 9.47. The van der Waals surface area contributed by atoms with Crippen LogP contribution >= 0.6 is 19.7 Å². The summed E-state index contributed by atoms with van der Waals surface area (Å²) in [5.74, 6) is 0. The van der Waals surface area contributed by atoms with Gasteiger partial charge in [-0.25, -0.2) is 6.07 Å². The Balaban J connectivity index is 0.000000437. The third kappa shape index (κ3) is 7.32. The molecule has 3 heteroatoms. The van der Waals surface area contributed by atoms with E-state index in [1.165, 1.54) is 20.8 Å². The van der Waals surface area contributed by atoms with Crippen LogP contribution in [-0.2, 0) is 17.1 Å². The van der Waals surface area contributed by atoms with Gasteiger partial charge in [0.05, 0.1) is 0 Å². The van der Waals surface area contributed by atoms with Crippen LogP contribution in [-0.4, -0.2) is 4.75 Å². The summed E-state index contributed by atoms with van der Waals surface area (Å²) < 4.78 is 0.220. The summed E-state index contributed by atoms with van der Waals surface area (Å²) in [6, 6.07) is 38.6. The van der Waals surface area contributed by atoms with E-state index in [9.17, 15) is 0 Å². The second-order valence-corrected chi connectivity index (χ2v) is 11.5. The maximum absolute atomic E-state index is 2.31. The van der Waals surface area contributed by atoms with Gasteiger partial charge in [0.15, 0.2) is 0 Å². The summed E-state index contributed by atoms with van der Waals surface area (Å²) in [4.78, 5) is 1.41. The average Bonchev–Trinajstić information content (AvgIpc) is 3.39. The molecule has 29 heavy (non-hydrogen) atoms. The van der Waals surface area contributed by atoms with Crippen LogP contribution in [0.25, 0.3) is 0 Å². The molecular formula is C26H27FePS-6. The maximum Gasteiger partial charge on any atom is 0.0101 e. The standard InChI is InChI=1S/C21H22PS.C5H5.Fe/c1-21(2,3)23-20-16-10-15-19(20)22(17-11-6-4-7-12-17)18-13-8-5-9-14-18;1-2-4-5-3-1;/h4-16H,1-3H3;1-5H;/q-1;-5;. The molecule has 0 aliphatic rings. The van der Waals surface area contributed by atoms with Crippen LogP contribution in [0.4, 0.5) is 0 Å². The minimum atomic E-state index is -0.504. The molecule has 0 aliphatic carbocycles. The summed E-state index contributed by atoms with van der Waals surface area (Å²) in [6.07, 6.45) is 0. The summed E-state index contributed by atoms with van der Waals surface area (Å²) >= 11 is 1.97. The Bertz CT molecular complexity index is 865. The van der Waals surface area contributed by atoms with Crippen molar-refractivity contribution in [3.63, 3.8) is 0 Å². The molecule has 4 aromatic rings. The Morgan fingerprint density at radius 3 is 1.55 bits per heavy atom. The second-order valence-electron chi connectivity index (χ2n) is 7.46. The van der Waals surface area contributed by atoms with Crippen LogP contribution in [0, 0.1) is 0 Å². The fourth-order valence-electron chi connectivity index (χ4n) is 2.90. The average molecular weight is 458 g/mol. The van der Waals surface area contributed by atoms with Crippen molar-refractivity contribution in [1.29, 1.82) is 0 Å². The number of rotatable bonds is 4. The number of hydrogen-bond acceptors (Lipinski definition) is 1. The third-order valence-electron chi connectivity index (χ3n) is 4.00. The van der Waals surface area contributed by atoms with Crippen LogP contribution in [0.1, 0.15) is 20.8 Å². The zero-order valence-electron chi connectivity index (χ0n) is 17.1. The molecule has 0 unspecified atom stereocenters. The topological polar surface area (TPSA) is 0 Å². The van der Waals surface area contributed by atoms with Crippen LogP contribution in [0.2, 0.25) is 0 Å². The van der Waals surface area contributed by atoms with Crippen LogP contribution < -0.4 is 15.9 Å². The summed E-state index contributed by atoms with van der Waals surface area (Å²) in [6.45, 7) is 6.84. The molecular weight excluding hydrogens is 431 g/mol. The van der Waals surface area contributed by atoms with Gasteiger partial charge in [0, 0.05) is 21.8 Å². The van der Waals surface area contributed by atoms with Crippen molar-refractivity contribution >= 4 is 35.6 Å². The Labute approximate surface area is 191 Å². The molecule has 156 valence electrons. The molecule has 0 bridgehead atoms. The summed E-state index contributed by atoms with van der Waals surface area (Å²) in [5.41, 5.74) is 0. The van der Waals surface area contributed by atoms with E-state index in [1.807, 2.05) is 42.1 Å². The maximum atomic E-state index is 2.31. The third-order valence-corrected chi connectivity index (χ3v) is 7.84. The molecule has 0 saturated carbocycles. The molecule has 0 N–H and O–H groups in total. The number of thioether (sulfide) groups is 1. The van der Waals surface area contributed by atoms with Gasteiger partial charge < -0.3 is 30.3 Å². The minimum Gasteiger partial charge on any atom is -0.748 e. The van der Waals surface area contributed by atoms with Gasteiger partial charge >= 0.3 is 0 Å². The molecule has 0 aliphatic heterocycles. The van der Waals surface area contributed by atoms with Crippen LogP contribution in [0.5, 0.6) is 0 Å². The van der Waals surface area contributed by atoms with Crippen molar-refractivity contribution in [2.75, 3.05) is 0 Å². The summed E-state index contributed by atoms with van der Waals surface area (Å²) in [7, 11) is -0.504. The first-order chi connectivity index (χ1) is 13.5. The molecule has 0 radical (unpaired) electrons. The SMILES string of the molecule is CC(C)(C)Sc1ccc[c-]1P(c1ccccc1)c1ccccc1.[Fe].[cH-]1[cH-][cH-][cH-][cH-]1. The molecule has 0 heterocycles. The van der Waals surface area contributed by atoms with E-state index in [0.29, 0.717) is 0 Å². The van der Waals surface area contributed by atoms with Crippen molar-refractivity contribution < 1.29 is 17.1 Å². The number of hydrogen-bond donors (Lipinski definition) is 0. The van der Waals surface area contributed by atoms with Crippen molar-refractivity contribution in [2.24, 2.45) is 0 Å². The van der Waals surface area contributed by atoms with Crippen LogP contribution in [0.3, 0.4) is 0 Å². The van der Waals surface area contributed by atoms with Gasteiger partial charge in [-0.2, -0.15) is 12.1 Å². The van der Waals surface area contributed by atoms with E-state index in [4.69, 9.17) is 0 Å². The van der Waals surface area contributed by atoms with Crippen molar-refractivity contribution in [3.8, 4) is 0 Å². The fraction of sp³-hybridized carbons (Fsp3) is 0.154. The van der Waals surface area contributed by atoms with Gasteiger partial charge in [0.2, 0.25) is 0 Å². The Hall–Kier alpha value is -1.56. The quantitative estimate of drug-likeness (QED) is 0.146. The fourth-order valence-corrected chi connectivity index (χ4v) is 6.61. The van der Waals surface area contributed by atoms with Gasteiger partial charge in [0.1, 0.15) is 0 Å². The Morgan fingerprint density at radius 2 is 1.14 bits per heavy atom. The zero-order valence-corrected chi connectivity index (χ0v) is 19.9. The van der Waals surface area contributed by atoms with E-state index in [2.05, 4.69) is 99.6 Å². The van der Waals surface area contributed by atoms with Gasteiger partial charge in [0.25, 0.3) is 0 Å². The Morgan fingerprint density at radius 1 is 0.690 bits per heavy atom. The van der Waals surface area contributed by atoms with E-state index in [0.717, 1.165) is 0 Å². The molecule has 0 amide bonds. The van der Waals surface area contributed by atoms with Gasteiger partial charge in [-0.05, 0) is 10.6 Å². The van der Waals surface area contributed by atoms with Gasteiger partial charge in [-0.1, -0.05) is 89.4 Å². The molecule has 0 fully saturated rings. The van der Waals surface area contributed by atoms with Crippen molar-refractivity contribution in [1.82, 2.24) is 0 Å². The first kappa shape index (κ1) is 23.7. The molecule has 4 aromatic carbocycles. The van der Waals surface area contributed by atoms with Crippen LogP contribution in [0.15, 0.2) is 114 Å². The molecule has 0 atom stereocenters. The van der Waals surface area contributed by atoms with E-state index >= 15 is 0 Å². The van der Waals surface area contributed by atoms with Crippen molar-refractivity contribution in [3.05, 3.63) is 109 Å². The molecule has 4 rings (SSSR count). The van der Waals surface area contributed by atoms with E-state index in [1.54, 1.807) is 0 Å². The first-order valence-electron chi connectivity index (χ1n) is 9.56. The smallest absolute Gasteiger partial charge is 0.0101 e. The van der Waals surface area contributed by atoms with Gasteiger partial charge in [-0.15, -0.1) is 22.0 Å². The molecule has 0 saturated heterocycles. The number of benzene rings is 2. The van der Waals surface area contributed by atoms with E-state index in [-0.39, 0.29) is 21.8 Å². The predicted octanol–water partition coefficient (Wildman–Crippen LogP) is 6.46. The molecule has 0 spiro atoms. The second kappa shape index (κ2) is 11.6. The molecule has 0 aromatic heterocycles. The summed E-state index contributed by atoms with van der Waals surface area (Å²) in [5, 5.41) is 4.30. The largest absolute Gasteiger partial charge is 0.748 e. The van der Waals surface area contributed by atoms with Gasteiger partial charge in [-0.3, -0.25) is 0 Å². The predicted molar refractivity (Wildman–Crippen MR) is 128 cm³/mol. The first-order valence-corrected chi connectivity index (χ1v) is 11.7. The minimum absolute atomic E-state index is 0. The molecule has 0 nitrogen and oxygen atoms in total. The van der Waals surface area contributed by atoms with E-state index < -0.39 is 7.92 Å². The normalized spacial score (nSPS) is 10.8. The monoisotopic (exact) mass is 458 g/mol. The van der Waals surface area contributed by atoms with Crippen molar-refractivity contribution in [2.45, 2.75) is 30.4 Å².